The minimum Gasteiger partial charge on any atom is -0.347 e. The predicted octanol–water partition coefficient (Wildman–Crippen LogP) is 2.28. The Bertz CT molecular complexity index is 847. The molecule has 2 aromatic rings. The van der Waals surface area contributed by atoms with Gasteiger partial charge in [0.1, 0.15) is 5.69 Å². The van der Waals surface area contributed by atoms with Crippen molar-refractivity contribution in [3.8, 4) is 0 Å². The lowest BCUT2D eigenvalue weighted by Crippen LogP contribution is -2.32. The van der Waals surface area contributed by atoms with Gasteiger partial charge in [0.15, 0.2) is 0 Å². The molecule has 0 bridgehead atoms. The van der Waals surface area contributed by atoms with Crippen LogP contribution >= 0.6 is 12.4 Å². The molecule has 3 heterocycles. The van der Waals surface area contributed by atoms with Gasteiger partial charge in [-0.3, -0.25) is 14.3 Å². The minimum absolute atomic E-state index is 0. The van der Waals surface area contributed by atoms with Crippen molar-refractivity contribution < 1.29 is 9.59 Å². The molecule has 1 aromatic carbocycles. The Morgan fingerprint density at radius 1 is 1.21 bits per heavy atom. The SMILES string of the molecule is Cl.O=C(NCc1ccccc1CN1CCCC1=O)c1ccn(C2CCCNC2)n1. The van der Waals surface area contributed by atoms with E-state index in [0.717, 1.165) is 50.0 Å². The first-order chi connectivity index (χ1) is 13.7. The summed E-state index contributed by atoms with van der Waals surface area (Å²) < 4.78 is 1.90. The average Bonchev–Trinajstić information content (AvgIpc) is 3.38. The number of benzene rings is 1. The maximum absolute atomic E-state index is 12.6. The fourth-order valence-corrected chi connectivity index (χ4v) is 3.95. The number of hydrogen-bond donors (Lipinski definition) is 2. The zero-order valence-electron chi connectivity index (χ0n) is 16.5. The van der Waals surface area contributed by atoms with Crippen molar-refractivity contribution >= 4 is 24.2 Å². The van der Waals surface area contributed by atoms with Crippen LogP contribution in [0.25, 0.3) is 0 Å². The van der Waals surface area contributed by atoms with Gasteiger partial charge < -0.3 is 15.5 Å². The molecule has 2 aliphatic heterocycles. The second-order valence-electron chi connectivity index (χ2n) is 7.55. The molecule has 0 radical (unpaired) electrons. The number of hydrogen-bond acceptors (Lipinski definition) is 4. The molecule has 8 heteroatoms. The van der Waals surface area contributed by atoms with Crippen LogP contribution in [0.2, 0.25) is 0 Å². The van der Waals surface area contributed by atoms with Gasteiger partial charge in [-0.15, -0.1) is 12.4 Å². The molecule has 1 unspecified atom stereocenters. The molecule has 4 rings (SSSR count). The van der Waals surface area contributed by atoms with Gasteiger partial charge in [-0.1, -0.05) is 24.3 Å². The Balaban J connectivity index is 0.00000240. The Hall–Kier alpha value is -2.38. The molecule has 2 N–H and O–H groups in total. The summed E-state index contributed by atoms with van der Waals surface area (Å²) in [7, 11) is 0. The molecule has 1 atom stereocenters. The third-order valence-corrected chi connectivity index (χ3v) is 5.58. The van der Waals surface area contributed by atoms with E-state index in [1.54, 1.807) is 6.07 Å². The summed E-state index contributed by atoms with van der Waals surface area (Å²) in [5, 5.41) is 10.8. The number of rotatable bonds is 6. The van der Waals surface area contributed by atoms with Crippen LogP contribution in [0.3, 0.4) is 0 Å². The highest BCUT2D eigenvalue weighted by molar-refractivity contribution is 5.92. The van der Waals surface area contributed by atoms with E-state index >= 15 is 0 Å². The summed E-state index contributed by atoms with van der Waals surface area (Å²) in [6.07, 6.45) is 5.66. The number of halogens is 1. The van der Waals surface area contributed by atoms with Crippen LogP contribution in [-0.2, 0) is 17.9 Å². The lowest BCUT2D eigenvalue weighted by molar-refractivity contribution is -0.128. The first-order valence-electron chi connectivity index (χ1n) is 10.1. The van der Waals surface area contributed by atoms with Crippen molar-refractivity contribution in [3.05, 3.63) is 53.3 Å². The van der Waals surface area contributed by atoms with Gasteiger partial charge in [-0.2, -0.15) is 5.10 Å². The molecule has 2 aliphatic rings. The van der Waals surface area contributed by atoms with E-state index in [1.807, 2.05) is 40.0 Å². The third-order valence-electron chi connectivity index (χ3n) is 5.58. The average molecular weight is 418 g/mol. The zero-order chi connectivity index (χ0) is 19.3. The van der Waals surface area contributed by atoms with E-state index in [-0.39, 0.29) is 24.2 Å². The second kappa shape index (κ2) is 9.89. The number of aromatic nitrogens is 2. The number of nitrogens with zero attached hydrogens (tertiary/aromatic N) is 3. The van der Waals surface area contributed by atoms with Crippen molar-refractivity contribution in [1.29, 1.82) is 0 Å². The highest BCUT2D eigenvalue weighted by Gasteiger charge is 2.21. The highest BCUT2D eigenvalue weighted by Crippen LogP contribution is 2.18. The van der Waals surface area contributed by atoms with Crippen molar-refractivity contribution in [2.75, 3.05) is 19.6 Å². The van der Waals surface area contributed by atoms with Crippen molar-refractivity contribution in [1.82, 2.24) is 25.3 Å². The molecule has 2 fully saturated rings. The van der Waals surface area contributed by atoms with Crippen LogP contribution in [0.15, 0.2) is 36.5 Å². The Morgan fingerprint density at radius 2 is 2.03 bits per heavy atom. The van der Waals surface area contributed by atoms with Crippen LogP contribution < -0.4 is 10.6 Å². The number of likely N-dealkylation sites (tertiary alicyclic amines) is 1. The van der Waals surface area contributed by atoms with Crippen molar-refractivity contribution in [2.24, 2.45) is 0 Å². The maximum Gasteiger partial charge on any atom is 0.272 e. The first-order valence-corrected chi connectivity index (χ1v) is 10.1. The molecule has 0 aliphatic carbocycles. The van der Waals surface area contributed by atoms with Crippen LogP contribution in [-0.4, -0.2) is 46.1 Å². The predicted molar refractivity (Wildman–Crippen MR) is 113 cm³/mol. The molecule has 7 nitrogen and oxygen atoms in total. The summed E-state index contributed by atoms with van der Waals surface area (Å²) in [4.78, 5) is 26.4. The summed E-state index contributed by atoms with van der Waals surface area (Å²) in [6.45, 7) is 3.79. The fourth-order valence-electron chi connectivity index (χ4n) is 3.95. The number of carbonyl (C=O) groups is 2. The van der Waals surface area contributed by atoms with Gasteiger partial charge in [0.2, 0.25) is 5.91 Å². The molecule has 2 amide bonds. The Morgan fingerprint density at radius 3 is 2.76 bits per heavy atom. The summed E-state index contributed by atoms with van der Waals surface area (Å²) in [5.41, 5.74) is 2.56. The van der Waals surface area contributed by atoms with Crippen LogP contribution in [0.5, 0.6) is 0 Å². The Labute approximate surface area is 177 Å². The lowest BCUT2D eigenvalue weighted by Gasteiger charge is -2.22. The van der Waals surface area contributed by atoms with Gasteiger partial charge >= 0.3 is 0 Å². The first kappa shape index (κ1) is 21.3. The molecule has 0 saturated carbocycles. The quantitative estimate of drug-likeness (QED) is 0.755. The zero-order valence-corrected chi connectivity index (χ0v) is 17.3. The van der Waals surface area contributed by atoms with Crippen LogP contribution in [0, 0.1) is 0 Å². The smallest absolute Gasteiger partial charge is 0.272 e. The molecular formula is C21H28ClN5O2. The third kappa shape index (κ3) is 5.16. The van der Waals surface area contributed by atoms with E-state index in [2.05, 4.69) is 15.7 Å². The lowest BCUT2D eigenvalue weighted by atomic mass is 10.1. The number of amides is 2. The molecule has 0 spiro atoms. The summed E-state index contributed by atoms with van der Waals surface area (Å²) in [6, 6.07) is 10.1. The maximum atomic E-state index is 12.6. The van der Waals surface area contributed by atoms with Crippen LogP contribution in [0.1, 0.15) is 53.3 Å². The standard InChI is InChI=1S/C21H27N5O2.ClH/c27-20-8-4-11-25(20)15-17-6-2-1-5-16(17)13-23-21(28)19-9-12-26(24-19)18-7-3-10-22-14-18;/h1-2,5-6,9,12,18,22H,3-4,7-8,10-11,13-15H2,(H,23,28);1H. The van der Waals surface area contributed by atoms with E-state index in [0.29, 0.717) is 31.2 Å². The molecular weight excluding hydrogens is 390 g/mol. The van der Waals surface area contributed by atoms with Gasteiger partial charge in [-0.05, 0) is 43.0 Å². The minimum atomic E-state index is -0.172. The van der Waals surface area contributed by atoms with E-state index in [9.17, 15) is 9.59 Å². The summed E-state index contributed by atoms with van der Waals surface area (Å²) >= 11 is 0. The number of carbonyl (C=O) groups excluding carboxylic acids is 2. The van der Waals surface area contributed by atoms with E-state index in [4.69, 9.17) is 0 Å². The van der Waals surface area contributed by atoms with Gasteiger partial charge in [0.05, 0.1) is 6.04 Å². The largest absolute Gasteiger partial charge is 0.347 e. The molecule has 156 valence electrons. The van der Waals surface area contributed by atoms with E-state index < -0.39 is 0 Å². The highest BCUT2D eigenvalue weighted by atomic mass is 35.5. The van der Waals surface area contributed by atoms with Crippen molar-refractivity contribution in [2.45, 2.75) is 44.8 Å². The van der Waals surface area contributed by atoms with Gasteiger partial charge in [0.25, 0.3) is 5.91 Å². The summed E-state index contributed by atoms with van der Waals surface area (Å²) in [5.74, 6) is 0.0381. The number of nitrogens with one attached hydrogen (secondary N) is 2. The van der Waals surface area contributed by atoms with Crippen LogP contribution in [0.4, 0.5) is 0 Å². The van der Waals surface area contributed by atoms with Gasteiger partial charge in [0, 0.05) is 38.8 Å². The van der Waals surface area contributed by atoms with E-state index in [1.165, 1.54) is 0 Å². The Kier molecular flexibility index (Phi) is 7.28. The molecule has 1 aromatic heterocycles. The van der Waals surface area contributed by atoms with Crippen molar-refractivity contribution in [3.63, 3.8) is 0 Å². The van der Waals surface area contributed by atoms with Gasteiger partial charge in [-0.25, -0.2) is 0 Å². The monoisotopic (exact) mass is 417 g/mol. The molecule has 29 heavy (non-hydrogen) atoms. The normalized spacial score (nSPS) is 19.1. The fraction of sp³-hybridized carbons (Fsp3) is 0.476. The topological polar surface area (TPSA) is 79.3 Å². The second-order valence-corrected chi connectivity index (χ2v) is 7.55. The number of piperidine rings is 1. The molecule has 2 saturated heterocycles.